The molecule has 72 valence electrons. The molecule has 0 radical (unpaired) electrons. The molecule has 0 aliphatic carbocycles. The van der Waals surface area contributed by atoms with Crippen LogP contribution in [-0.4, -0.2) is 40.3 Å². The van der Waals surface area contributed by atoms with Crippen LogP contribution in [-0.2, 0) is 0 Å². The van der Waals surface area contributed by atoms with E-state index in [1.807, 2.05) is 25.6 Å². The molecule has 12 heavy (non-hydrogen) atoms. The first kappa shape index (κ1) is 10.4. The van der Waals surface area contributed by atoms with Crippen LogP contribution in [0.4, 0.5) is 0 Å². The van der Waals surface area contributed by atoms with Crippen molar-refractivity contribution in [2.75, 3.05) is 24.7 Å². The average Bonchev–Trinajstić information content (AvgIpc) is 1.81. The molecule has 0 unspecified atom stereocenters. The summed E-state index contributed by atoms with van der Waals surface area (Å²) < 4.78 is 0. The van der Waals surface area contributed by atoms with Crippen molar-refractivity contribution in [1.82, 2.24) is 4.90 Å². The lowest BCUT2D eigenvalue weighted by molar-refractivity contribution is -0.0548. The molecule has 0 aromatic carbocycles. The number of rotatable bonds is 4. The molecule has 3 heteroatoms. The molecule has 1 aliphatic rings. The number of nitrogens with zero attached hydrogens (tertiary/aromatic N) is 1. The molecule has 0 aromatic heterocycles. The number of thioether (sulfide) groups is 1. The third-order valence-corrected chi connectivity index (χ3v) is 3.39. The SMILES string of the molecule is CCSCN1CC(C(C)(C)O)C1. The molecule has 0 atom stereocenters. The smallest absolute Gasteiger partial charge is 0.0644 e. The fourth-order valence-electron chi connectivity index (χ4n) is 1.34. The first-order valence-electron chi connectivity index (χ1n) is 4.56. The summed E-state index contributed by atoms with van der Waals surface area (Å²) in [4.78, 5) is 2.39. The lowest BCUT2D eigenvalue weighted by atomic mass is 9.85. The Hall–Kier alpha value is 0.270. The van der Waals surface area contributed by atoms with Crippen LogP contribution in [0, 0.1) is 5.92 Å². The van der Waals surface area contributed by atoms with Gasteiger partial charge in [0.25, 0.3) is 0 Å². The molecular weight excluding hydrogens is 170 g/mol. The summed E-state index contributed by atoms with van der Waals surface area (Å²) in [6.45, 7) is 8.12. The van der Waals surface area contributed by atoms with Gasteiger partial charge in [-0.1, -0.05) is 6.92 Å². The van der Waals surface area contributed by atoms with E-state index in [4.69, 9.17) is 0 Å². The van der Waals surface area contributed by atoms with Gasteiger partial charge in [-0.05, 0) is 19.6 Å². The lowest BCUT2D eigenvalue weighted by Gasteiger charge is -2.45. The Balaban J connectivity index is 2.12. The van der Waals surface area contributed by atoms with E-state index in [-0.39, 0.29) is 0 Å². The number of likely N-dealkylation sites (tertiary alicyclic amines) is 1. The van der Waals surface area contributed by atoms with E-state index in [2.05, 4.69) is 11.8 Å². The monoisotopic (exact) mass is 189 g/mol. The molecule has 0 spiro atoms. The second-order valence-electron chi connectivity index (χ2n) is 4.01. The van der Waals surface area contributed by atoms with Gasteiger partial charge in [-0.25, -0.2) is 0 Å². The topological polar surface area (TPSA) is 23.5 Å². The van der Waals surface area contributed by atoms with Crippen LogP contribution in [0.2, 0.25) is 0 Å². The van der Waals surface area contributed by atoms with E-state index in [1.54, 1.807) is 0 Å². The molecule has 1 N–H and O–H groups in total. The Morgan fingerprint density at radius 2 is 2.08 bits per heavy atom. The summed E-state index contributed by atoms with van der Waals surface area (Å²) in [5.74, 6) is 2.79. The number of hydrogen-bond donors (Lipinski definition) is 1. The molecular formula is C9H19NOS. The molecule has 0 saturated carbocycles. The minimum Gasteiger partial charge on any atom is -0.390 e. The first-order chi connectivity index (χ1) is 5.54. The van der Waals surface area contributed by atoms with Gasteiger partial charge in [-0.15, -0.1) is 11.8 Å². The minimum atomic E-state index is -0.479. The molecule has 1 rings (SSSR count). The number of hydrogen-bond acceptors (Lipinski definition) is 3. The van der Waals surface area contributed by atoms with E-state index in [9.17, 15) is 5.11 Å². The highest BCUT2D eigenvalue weighted by Gasteiger charge is 2.36. The second kappa shape index (κ2) is 3.99. The maximum atomic E-state index is 9.65. The molecule has 1 fully saturated rings. The quantitative estimate of drug-likeness (QED) is 0.723. The highest BCUT2D eigenvalue weighted by Crippen LogP contribution is 2.27. The van der Waals surface area contributed by atoms with Crippen molar-refractivity contribution in [2.24, 2.45) is 5.92 Å². The zero-order valence-electron chi connectivity index (χ0n) is 8.21. The van der Waals surface area contributed by atoms with Crippen LogP contribution in [0.5, 0.6) is 0 Å². The fraction of sp³-hybridized carbons (Fsp3) is 1.00. The van der Waals surface area contributed by atoms with Crippen LogP contribution in [0.25, 0.3) is 0 Å². The van der Waals surface area contributed by atoms with Gasteiger partial charge in [0, 0.05) is 24.9 Å². The van der Waals surface area contributed by atoms with Crippen LogP contribution < -0.4 is 0 Å². The molecule has 1 saturated heterocycles. The van der Waals surface area contributed by atoms with Crippen molar-refractivity contribution in [3.8, 4) is 0 Å². The second-order valence-corrected chi connectivity index (χ2v) is 5.25. The Kier molecular flexibility index (Phi) is 3.44. The Bertz CT molecular complexity index is 138. The van der Waals surface area contributed by atoms with Gasteiger partial charge in [0.05, 0.1) is 5.60 Å². The maximum Gasteiger partial charge on any atom is 0.0644 e. The third-order valence-electron chi connectivity index (χ3n) is 2.43. The molecule has 1 heterocycles. The van der Waals surface area contributed by atoms with Crippen molar-refractivity contribution >= 4 is 11.8 Å². The summed E-state index contributed by atoms with van der Waals surface area (Å²) in [6.07, 6.45) is 0. The van der Waals surface area contributed by atoms with E-state index < -0.39 is 5.60 Å². The first-order valence-corrected chi connectivity index (χ1v) is 5.72. The Morgan fingerprint density at radius 3 is 2.50 bits per heavy atom. The summed E-state index contributed by atoms with van der Waals surface area (Å²) in [7, 11) is 0. The summed E-state index contributed by atoms with van der Waals surface area (Å²) in [5.41, 5.74) is -0.479. The zero-order valence-corrected chi connectivity index (χ0v) is 9.02. The highest BCUT2D eigenvalue weighted by atomic mass is 32.2. The van der Waals surface area contributed by atoms with Gasteiger partial charge < -0.3 is 5.11 Å². The minimum absolute atomic E-state index is 0.479. The fourth-order valence-corrected chi connectivity index (χ4v) is 1.99. The zero-order chi connectivity index (χ0) is 9.19. The third kappa shape index (κ3) is 2.64. The summed E-state index contributed by atoms with van der Waals surface area (Å²) in [6, 6.07) is 0. The van der Waals surface area contributed by atoms with Crippen LogP contribution >= 0.6 is 11.8 Å². The van der Waals surface area contributed by atoms with Gasteiger partial charge in [0.1, 0.15) is 0 Å². The van der Waals surface area contributed by atoms with Gasteiger partial charge >= 0.3 is 0 Å². The van der Waals surface area contributed by atoms with Crippen LogP contribution in [0.1, 0.15) is 20.8 Å². The predicted molar refractivity (Wildman–Crippen MR) is 54.4 cm³/mol. The normalized spacial score (nSPS) is 21.0. The van der Waals surface area contributed by atoms with Crippen molar-refractivity contribution in [3.63, 3.8) is 0 Å². The summed E-state index contributed by atoms with van der Waals surface area (Å²) >= 11 is 1.95. The average molecular weight is 189 g/mol. The molecule has 0 amide bonds. The van der Waals surface area contributed by atoms with E-state index >= 15 is 0 Å². The number of aliphatic hydroxyl groups is 1. The van der Waals surface area contributed by atoms with Gasteiger partial charge in [-0.2, -0.15) is 0 Å². The van der Waals surface area contributed by atoms with Gasteiger partial charge in [0.2, 0.25) is 0 Å². The highest BCUT2D eigenvalue weighted by molar-refractivity contribution is 7.99. The Morgan fingerprint density at radius 1 is 1.50 bits per heavy atom. The van der Waals surface area contributed by atoms with Crippen molar-refractivity contribution < 1.29 is 5.11 Å². The van der Waals surface area contributed by atoms with E-state index in [0.717, 1.165) is 19.0 Å². The van der Waals surface area contributed by atoms with Crippen molar-refractivity contribution in [2.45, 2.75) is 26.4 Å². The lowest BCUT2D eigenvalue weighted by Crippen LogP contribution is -2.55. The van der Waals surface area contributed by atoms with Crippen LogP contribution in [0.3, 0.4) is 0 Å². The molecule has 0 aromatic rings. The van der Waals surface area contributed by atoms with E-state index in [0.29, 0.717) is 5.92 Å². The van der Waals surface area contributed by atoms with Crippen LogP contribution in [0.15, 0.2) is 0 Å². The van der Waals surface area contributed by atoms with Gasteiger partial charge in [-0.3, -0.25) is 4.90 Å². The summed E-state index contributed by atoms with van der Waals surface area (Å²) in [5, 5.41) is 9.65. The Labute approximate surface area is 79.3 Å². The molecule has 1 aliphatic heterocycles. The van der Waals surface area contributed by atoms with Crippen molar-refractivity contribution in [3.05, 3.63) is 0 Å². The van der Waals surface area contributed by atoms with Crippen molar-refractivity contribution in [1.29, 1.82) is 0 Å². The molecule has 0 bridgehead atoms. The maximum absolute atomic E-state index is 9.65. The predicted octanol–water partition coefficient (Wildman–Crippen LogP) is 1.40. The van der Waals surface area contributed by atoms with E-state index in [1.165, 1.54) is 5.75 Å². The standard InChI is InChI=1S/C9H19NOS/c1-4-12-7-10-5-8(6-10)9(2,3)11/h8,11H,4-7H2,1-3H3. The largest absolute Gasteiger partial charge is 0.390 e. The molecule has 2 nitrogen and oxygen atoms in total. The van der Waals surface area contributed by atoms with Gasteiger partial charge in [0.15, 0.2) is 0 Å².